The maximum absolute atomic E-state index is 14.4. The Balaban J connectivity index is 1.83. The molecule has 1 aliphatic rings. The van der Waals surface area contributed by atoms with Gasteiger partial charge < -0.3 is 15.2 Å². The molecule has 0 bridgehead atoms. The van der Waals surface area contributed by atoms with E-state index < -0.39 is 33.5 Å². The molecule has 5 rings (SSSR count). The largest absolute Gasteiger partial charge is 0.459 e. The Bertz CT molecular complexity index is 1840. The predicted octanol–water partition coefficient (Wildman–Crippen LogP) is 6.63. The van der Waals surface area contributed by atoms with E-state index in [9.17, 15) is 17.6 Å². The minimum absolute atomic E-state index is 0.0299. The van der Waals surface area contributed by atoms with Gasteiger partial charge in [-0.05, 0) is 80.6 Å². The van der Waals surface area contributed by atoms with Crippen molar-refractivity contribution in [2.75, 3.05) is 16.3 Å². The van der Waals surface area contributed by atoms with Gasteiger partial charge in [-0.3, -0.25) is 9.29 Å². The van der Waals surface area contributed by atoms with Gasteiger partial charge in [-0.2, -0.15) is 0 Å². The number of carbonyl (C=O) groups is 1. The minimum atomic E-state index is -3.85. The third-order valence-electron chi connectivity index (χ3n) is 7.52. The molecule has 1 aromatic heterocycles. The normalized spacial score (nSPS) is 13.7. The fraction of sp³-hybridized carbons (Fsp3) is 0.294. The summed E-state index contributed by atoms with van der Waals surface area (Å²) in [5.74, 6) is -1.18. The first kappa shape index (κ1) is 31.2. The first-order valence-electron chi connectivity index (χ1n) is 14.2. The van der Waals surface area contributed by atoms with Gasteiger partial charge in [-0.15, -0.1) is 0 Å². The molecule has 2 heterocycles. The molecule has 230 valence electrons. The molecule has 1 atom stereocenters. The Morgan fingerprint density at radius 3 is 2.32 bits per heavy atom. The number of sulfonamides is 1. The van der Waals surface area contributed by atoms with Crippen LogP contribution >= 0.6 is 0 Å². The lowest BCUT2D eigenvalue weighted by molar-refractivity contribution is -0.168. The Morgan fingerprint density at radius 1 is 1.05 bits per heavy atom. The summed E-state index contributed by atoms with van der Waals surface area (Å²) < 4.78 is 54.5. The maximum atomic E-state index is 14.4. The quantitative estimate of drug-likeness (QED) is 0.183. The standard InChI is InChI=1S/C34H36FN3O5S/c1-20-27(23-12-14-26(36)15-13-23)28(32(43-34(3,4)5)33(39)42-19-22-10-8-7-9-11-22)21(2)31-29(20)30-24(16-25(35)17-37-30)18-38(31)44(6,40)41/h7-17,32H,18-19,36H2,1-6H3/t32-/m0/s1. The molecule has 44 heavy (non-hydrogen) atoms. The molecular formula is C34H36FN3O5S. The van der Waals surface area contributed by atoms with E-state index in [4.69, 9.17) is 15.2 Å². The molecule has 0 aliphatic carbocycles. The molecule has 0 unspecified atom stereocenters. The number of nitrogen functional groups attached to an aromatic ring is 1. The van der Waals surface area contributed by atoms with Crippen molar-refractivity contribution in [1.29, 1.82) is 0 Å². The van der Waals surface area contributed by atoms with Crippen LogP contribution in [0.25, 0.3) is 22.4 Å². The Labute approximate surface area is 257 Å². The second kappa shape index (κ2) is 11.7. The zero-order valence-electron chi connectivity index (χ0n) is 25.6. The molecule has 0 saturated carbocycles. The van der Waals surface area contributed by atoms with Crippen molar-refractivity contribution >= 4 is 27.4 Å². The number of rotatable bonds is 7. The van der Waals surface area contributed by atoms with E-state index >= 15 is 0 Å². The van der Waals surface area contributed by atoms with Crippen LogP contribution in [-0.2, 0) is 37.4 Å². The monoisotopic (exact) mass is 617 g/mol. The fourth-order valence-corrected chi connectivity index (χ4v) is 6.62. The minimum Gasteiger partial charge on any atom is -0.459 e. The summed E-state index contributed by atoms with van der Waals surface area (Å²) in [6.45, 7) is 9.04. The van der Waals surface area contributed by atoms with E-state index in [-0.39, 0.29) is 13.2 Å². The van der Waals surface area contributed by atoms with E-state index in [2.05, 4.69) is 4.98 Å². The van der Waals surface area contributed by atoms with Gasteiger partial charge in [-0.1, -0.05) is 42.5 Å². The summed E-state index contributed by atoms with van der Waals surface area (Å²) in [7, 11) is -3.85. The van der Waals surface area contributed by atoms with Crippen LogP contribution in [-0.4, -0.2) is 31.2 Å². The van der Waals surface area contributed by atoms with Crippen LogP contribution in [0.3, 0.4) is 0 Å². The second-order valence-corrected chi connectivity index (χ2v) is 13.9. The van der Waals surface area contributed by atoms with Gasteiger partial charge in [0.15, 0.2) is 6.10 Å². The van der Waals surface area contributed by atoms with Gasteiger partial charge in [0.25, 0.3) is 0 Å². The summed E-state index contributed by atoms with van der Waals surface area (Å²) >= 11 is 0. The van der Waals surface area contributed by atoms with E-state index in [0.29, 0.717) is 50.4 Å². The zero-order valence-corrected chi connectivity index (χ0v) is 26.5. The first-order valence-corrected chi connectivity index (χ1v) is 16.0. The number of anilines is 2. The van der Waals surface area contributed by atoms with Crippen molar-refractivity contribution in [3.05, 3.63) is 100 Å². The SMILES string of the molecule is Cc1c(-c2ccc(N)cc2)c([C@H](OC(C)(C)C)C(=O)OCc2ccccc2)c(C)c2c1-c1ncc(F)cc1CN2S(C)(=O)=O. The average Bonchev–Trinajstić information content (AvgIpc) is 2.95. The molecular weight excluding hydrogens is 581 g/mol. The average molecular weight is 618 g/mol. The van der Waals surface area contributed by atoms with Gasteiger partial charge in [-0.25, -0.2) is 17.6 Å². The first-order chi connectivity index (χ1) is 20.7. The fourth-order valence-electron chi connectivity index (χ4n) is 5.68. The zero-order chi connectivity index (χ0) is 32.0. The molecule has 3 aromatic carbocycles. The van der Waals surface area contributed by atoms with Gasteiger partial charge in [0.1, 0.15) is 12.4 Å². The number of pyridine rings is 1. The molecule has 4 aromatic rings. The van der Waals surface area contributed by atoms with Crippen molar-refractivity contribution in [3.8, 4) is 22.4 Å². The number of aromatic nitrogens is 1. The maximum Gasteiger partial charge on any atom is 0.340 e. The predicted molar refractivity (Wildman–Crippen MR) is 170 cm³/mol. The summed E-state index contributed by atoms with van der Waals surface area (Å²) in [5.41, 5.74) is 11.4. The van der Waals surface area contributed by atoms with Crippen LogP contribution in [0, 0.1) is 19.7 Å². The van der Waals surface area contributed by atoms with Gasteiger partial charge >= 0.3 is 5.97 Å². The van der Waals surface area contributed by atoms with Crippen molar-refractivity contribution in [2.24, 2.45) is 0 Å². The Kier molecular flexibility index (Phi) is 8.26. The van der Waals surface area contributed by atoms with Crippen LogP contribution in [0.1, 0.15) is 54.7 Å². The lowest BCUT2D eigenvalue weighted by Crippen LogP contribution is -2.35. The number of ether oxygens (including phenoxy) is 2. The van der Waals surface area contributed by atoms with Crippen LogP contribution in [0.15, 0.2) is 66.9 Å². The molecule has 0 spiro atoms. The second-order valence-electron chi connectivity index (χ2n) is 12.0. The number of hydrogen-bond donors (Lipinski definition) is 1. The number of nitrogens with two attached hydrogens (primary N) is 1. The number of fused-ring (bicyclic) bond motifs is 3. The summed E-state index contributed by atoms with van der Waals surface area (Å²) in [5, 5.41) is 0. The highest BCUT2D eigenvalue weighted by atomic mass is 32.2. The number of carbonyl (C=O) groups excluding carboxylic acids is 1. The summed E-state index contributed by atoms with van der Waals surface area (Å²) in [4.78, 5) is 18.4. The summed E-state index contributed by atoms with van der Waals surface area (Å²) in [6.07, 6.45) is 1.00. The third kappa shape index (κ3) is 6.18. The molecule has 0 saturated heterocycles. The number of nitrogens with zero attached hydrogens (tertiary/aromatic N) is 2. The van der Waals surface area contributed by atoms with E-state index in [0.717, 1.165) is 23.6 Å². The van der Waals surface area contributed by atoms with Gasteiger partial charge in [0.2, 0.25) is 10.0 Å². The number of halogens is 1. The molecule has 8 nitrogen and oxygen atoms in total. The highest BCUT2D eigenvalue weighted by Crippen LogP contribution is 2.51. The van der Waals surface area contributed by atoms with Crippen molar-refractivity contribution in [1.82, 2.24) is 4.98 Å². The van der Waals surface area contributed by atoms with E-state index in [1.165, 1.54) is 10.4 Å². The summed E-state index contributed by atoms with van der Waals surface area (Å²) in [6, 6.07) is 17.8. The van der Waals surface area contributed by atoms with Crippen molar-refractivity contribution < 1.29 is 27.1 Å². The van der Waals surface area contributed by atoms with Crippen LogP contribution in [0.2, 0.25) is 0 Å². The Hall–Kier alpha value is -4.28. The molecule has 1 aliphatic heterocycles. The molecule has 2 N–H and O–H groups in total. The van der Waals surface area contributed by atoms with Crippen LogP contribution in [0.4, 0.5) is 15.8 Å². The van der Waals surface area contributed by atoms with Crippen molar-refractivity contribution in [2.45, 2.75) is 59.5 Å². The van der Waals surface area contributed by atoms with E-state index in [1.54, 1.807) is 19.1 Å². The third-order valence-corrected chi connectivity index (χ3v) is 8.63. The number of esters is 1. The number of benzene rings is 3. The van der Waals surface area contributed by atoms with Crippen molar-refractivity contribution in [3.63, 3.8) is 0 Å². The highest BCUT2D eigenvalue weighted by molar-refractivity contribution is 7.92. The number of hydrogen-bond acceptors (Lipinski definition) is 7. The van der Waals surface area contributed by atoms with Gasteiger partial charge in [0, 0.05) is 22.4 Å². The molecule has 10 heteroatoms. The smallest absolute Gasteiger partial charge is 0.340 e. The Morgan fingerprint density at radius 2 is 1.70 bits per heavy atom. The molecule has 0 fully saturated rings. The molecule has 0 amide bonds. The van der Waals surface area contributed by atoms with Crippen LogP contribution < -0.4 is 10.0 Å². The van der Waals surface area contributed by atoms with Gasteiger partial charge in [0.05, 0.1) is 36.0 Å². The lowest BCUT2D eigenvalue weighted by Gasteiger charge is -2.37. The topological polar surface area (TPSA) is 112 Å². The van der Waals surface area contributed by atoms with Crippen LogP contribution in [0.5, 0.6) is 0 Å². The van der Waals surface area contributed by atoms with E-state index in [1.807, 2.05) is 70.2 Å². The highest BCUT2D eigenvalue weighted by Gasteiger charge is 2.39. The molecule has 0 radical (unpaired) electrons. The lowest BCUT2D eigenvalue weighted by atomic mass is 9.81.